The second-order valence-corrected chi connectivity index (χ2v) is 9.53. The van der Waals surface area contributed by atoms with Crippen molar-refractivity contribution in [2.45, 2.75) is 44.8 Å². The van der Waals surface area contributed by atoms with E-state index >= 15 is 0 Å². The van der Waals surface area contributed by atoms with Gasteiger partial charge < -0.3 is 26.0 Å². The van der Waals surface area contributed by atoms with Gasteiger partial charge in [-0.2, -0.15) is 8.78 Å². The molecule has 4 rings (SSSR count). The Morgan fingerprint density at radius 1 is 1.05 bits per heavy atom. The molecule has 2 aromatic carbocycles. The fourth-order valence-electron chi connectivity index (χ4n) is 3.97. The zero-order chi connectivity index (χ0) is 28.7. The van der Waals surface area contributed by atoms with Crippen molar-refractivity contribution in [3.63, 3.8) is 0 Å². The highest BCUT2D eigenvalue weighted by molar-refractivity contribution is 6.10. The van der Waals surface area contributed by atoms with Gasteiger partial charge in [-0.1, -0.05) is 56.3 Å². The van der Waals surface area contributed by atoms with E-state index in [1.54, 1.807) is 38.1 Å². The first-order valence-electron chi connectivity index (χ1n) is 12.2. The molecule has 4 amide bonds. The van der Waals surface area contributed by atoms with Gasteiger partial charge in [0.05, 0.1) is 12.6 Å². The van der Waals surface area contributed by atoms with Crippen LogP contribution in [0.15, 0.2) is 54.6 Å². The van der Waals surface area contributed by atoms with Gasteiger partial charge in [0.1, 0.15) is 11.8 Å². The van der Waals surface area contributed by atoms with Gasteiger partial charge in [0.15, 0.2) is 6.61 Å². The van der Waals surface area contributed by atoms with Gasteiger partial charge >= 0.3 is 5.92 Å². The molecule has 0 spiro atoms. The fourth-order valence-corrected chi connectivity index (χ4v) is 3.97. The molecule has 10 nitrogen and oxygen atoms in total. The summed E-state index contributed by atoms with van der Waals surface area (Å²) in [5, 5.41) is 4.78. The number of carbonyl (C=O) groups is 5. The quantitative estimate of drug-likeness (QED) is 0.365. The third kappa shape index (κ3) is 7.59. The predicted octanol–water partition coefficient (Wildman–Crippen LogP) is 0.966. The van der Waals surface area contributed by atoms with E-state index < -0.39 is 66.3 Å². The van der Waals surface area contributed by atoms with Crippen molar-refractivity contribution < 1.29 is 37.5 Å². The van der Waals surface area contributed by atoms with Crippen LogP contribution in [-0.4, -0.2) is 65.5 Å². The van der Waals surface area contributed by atoms with Crippen LogP contribution in [0.25, 0.3) is 0 Å². The number of hydrogen-bond donors (Lipinski definition) is 3. The Hall–Kier alpha value is -4.35. The fraction of sp³-hybridized carbons (Fsp3) is 0.370. The molecule has 0 radical (unpaired) electrons. The van der Waals surface area contributed by atoms with Crippen LogP contribution in [0.1, 0.15) is 25.0 Å². The Balaban J connectivity index is 1.96. The van der Waals surface area contributed by atoms with E-state index in [2.05, 4.69) is 10.6 Å². The number of nitrogens with zero attached hydrogens (tertiary/aromatic N) is 1. The van der Waals surface area contributed by atoms with E-state index in [-0.39, 0.29) is 18.9 Å². The maximum atomic E-state index is 14.3. The molecule has 2 bridgehead atoms. The van der Waals surface area contributed by atoms with E-state index in [1.807, 2.05) is 6.07 Å². The summed E-state index contributed by atoms with van der Waals surface area (Å²) in [4.78, 5) is 64.3. The summed E-state index contributed by atoms with van der Waals surface area (Å²) in [7, 11) is 0. The minimum absolute atomic E-state index is 0.0900. The molecule has 0 unspecified atom stereocenters. The van der Waals surface area contributed by atoms with Gasteiger partial charge in [0, 0.05) is 13.0 Å². The van der Waals surface area contributed by atoms with E-state index in [0.717, 1.165) is 5.56 Å². The van der Waals surface area contributed by atoms with Crippen molar-refractivity contribution in [3.05, 3.63) is 65.7 Å². The Morgan fingerprint density at radius 2 is 1.69 bits per heavy atom. The van der Waals surface area contributed by atoms with Gasteiger partial charge in [0.25, 0.3) is 11.8 Å². The average molecular weight is 545 g/mol. The molecule has 2 heterocycles. The molecular formula is C27H30F2N4O6. The molecule has 0 aromatic heterocycles. The van der Waals surface area contributed by atoms with Gasteiger partial charge in [-0.3, -0.25) is 24.0 Å². The lowest BCUT2D eigenvalue weighted by Gasteiger charge is -2.28. The Morgan fingerprint density at radius 3 is 2.28 bits per heavy atom. The number of primary amides is 1. The average Bonchev–Trinajstić information content (AvgIpc) is 2.89. The van der Waals surface area contributed by atoms with Crippen molar-refractivity contribution in [1.82, 2.24) is 15.5 Å². The summed E-state index contributed by atoms with van der Waals surface area (Å²) in [6.45, 7) is 2.50. The van der Waals surface area contributed by atoms with Crippen LogP contribution in [0.3, 0.4) is 0 Å². The maximum Gasteiger partial charge on any atom is 0.383 e. The number of Topliss-reactive ketones (excluding diaryl/α,β-unsaturated/α-hetero) is 1. The Kier molecular flexibility index (Phi) is 9.33. The largest absolute Gasteiger partial charge is 0.484 e. The van der Waals surface area contributed by atoms with Gasteiger partial charge in [-0.05, 0) is 29.2 Å². The number of carbonyl (C=O) groups excluding carboxylic acids is 5. The second-order valence-electron chi connectivity index (χ2n) is 9.53. The van der Waals surface area contributed by atoms with Crippen LogP contribution in [0.4, 0.5) is 8.78 Å². The van der Waals surface area contributed by atoms with Crippen molar-refractivity contribution in [2.75, 3.05) is 13.2 Å². The number of hydrogen-bond acceptors (Lipinski definition) is 6. The summed E-state index contributed by atoms with van der Waals surface area (Å²) in [6, 6.07) is 11.8. The Bertz CT molecular complexity index is 1220. The standard InChI is InChI=1S/C27H30F2N4O6/c1-16(2)23-25(37)31-20(24(36)27(28,29)26(30)38)12-17-8-10-19(11-9-17)39-15-22(35)33(14-21(34)32-23)13-18-6-4-3-5-7-18/h3-11,16,20,23H,12-15H2,1-2H3,(H2,30,38)(H,31,37)(H,32,34)/t20-,23-/m0/s1. The number of ether oxygens (including phenoxy) is 1. The monoisotopic (exact) mass is 544 g/mol. The van der Waals surface area contributed by atoms with Gasteiger partial charge in [-0.25, -0.2) is 0 Å². The number of nitrogens with one attached hydrogen (secondary N) is 2. The number of halogens is 2. The molecule has 0 aliphatic carbocycles. The summed E-state index contributed by atoms with van der Waals surface area (Å²) < 4.78 is 34.2. The van der Waals surface area contributed by atoms with Crippen molar-refractivity contribution in [2.24, 2.45) is 11.7 Å². The lowest BCUT2D eigenvalue weighted by atomic mass is 9.96. The molecule has 0 saturated heterocycles. The number of rotatable bonds is 6. The third-order valence-corrected chi connectivity index (χ3v) is 6.15. The summed E-state index contributed by atoms with van der Waals surface area (Å²) in [5.41, 5.74) is 5.85. The predicted molar refractivity (Wildman–Crippen MR) is 135 cm³/mol. The first kappa shape index (κ1) is 29.2. The van der Waals surface area contributed by atoms with Crippen LogP contribution in [-0.2, 0) is 36.9 Å². The molecule has 0 saturated carbocycles. The van der Waals surface area contributed by atoms with Crippen molar-refractivity contribution >= 4 is 29.4 Å². The topological polar surface area (TPSA) is 148 Å². The van der Waals surface area contributed by atoms with Gasteiger partial charge in [-0.15, -0.1) is 0 Å². The summed E-state index contributed by atoms with van der Waals surface area (Å²) in [6.07, 6.45) is -0.393. The van der Waals surface area contributed by atoms with Crippen LogP contribution < -0.4 is 21.1 Å². The highest BCUT2D eigenvalue weighted by Crippen LogP contribution is 2.21. The molecular weight excluding hydrogens is 514 g/mol. The number of benzene rings is 2. The molecule has 2 aliphatic heterocycles. The number of amides is 4. The van der Waals surface area contributed by atoms with Gasteiger partial charge in [0.2, 0.25) is 17.6 Å². The van der Waals surface area contributed by atoms with E-state index in [4.69, 9.17) is 10.5 Å². The first-order chi connectivity index (χ1) is 18.4. The van der Waals surface area contributed by atoms with E-state index in [0.29, 0.717) is 5.56 Å². The molecule has 2 aliphatic rings. The zero-order valence-electron chi connectivity index (χ0n) is 21.5. The lowest BCUT2D eigenvalue weighted by molar-refractivity contribution is -0.158. The van der Waals surface area contributed by atoms with Crippen LogP contribution in [0, 0.1) is 5.92 Å². The van der Waals surface area contributed by atoms with Crippen LogP contribution >= 0.6 is 0 Å². The minimum Gasteiger partial charge on any atom is -0.484 e. The number of nitrogens with two attached hydrogens (primary N) is 1. The molecule has 2 aromatic rings. The summed E-state index contributed by atoms with van der Waals surface area (Å²) in [5.74, 6) is -10.9. The number of fused-ring (bicyclic) bond motifs is 13. The van der Waals surface area contributed by atoms with E-state index in [1.165, 1.54) is 29.2 Å². The molecule has 12 heteroatoms. The second kappa shape index (κ2) is 12.5. The summed E-state index contributed by atoms with van der Waals surface area (Å²) >= 11 is 0. The van der Waals surface area contributed by atoms with Crippen molar-refractivity contribution in [3.8, 4) is 5.75 Å². The molecule has 4 N–H and O–H groups in total. The smallest absolute Gasteiger partial charge is 0.383 e. The third-order valence-electron chi connectivity index (χ3n) is 6.15. The van der Waals surface area contributed by atoms with E-state index in [9.17, 15) is 32.8 Å². The normalized spacial score (nSPS) is 19.3. The first-order valence-corrected chi connectivity index (χ1v) is 12.2. The van der Waals surface area contributed by atoms with Crippen molar-refractivity contribution in [1.29, 1.82) is 0 Å². The number of alkyl halides is 2. The molecule has 2 atom stereocenters. The lowest BCUT2D eigenvalue weighted by Crippen LogP contribution is -2.59. The Labute approximate surface area is 223 Å². The molecule has 208 valence electrons. The maximum absolute atomic E-state index is 14.3. The SMILES string of the molecule is CC(C)[C@@H]1NC(=O)CN(Cc2ccccc2)C(=O)COc2ccc(cc2)C[C@@H](C(=O)C(F)(F)C(N)=O)NC1=O. The highest BCUT2D eigenvalue weighted by Gasteiger charge is 2.49. The minimum atomic E-state index is -4.53. The molecule has 0 fully saturated rings. The highest BCUT2D eigenvalue weighted by atomic mass is 19.3. The number of ketones is 1. The van der Waals surface area contributed by atoms with Crippen LogP contribution in [0.5, 0.6) is 5.75 Å². The zero-order valence-corrected chi connectivity index (χ0v) is 21.5. The van der Waals surface area contributed by atoms with Crippen LogP contribution in [0.2, 0.25) is 0 Å². The molecule has 39 heavy (non-hydrogen) atoms.